The molecule has 0 radical (unpaired) electrons. The molecule has 0 bridgehead atoms. The molecule has 0 fully saturated rings. The normalized spacial score (nSPS) is 10.7. The fourth-order valence-electron chi connectivity index (χ4n) is 2.52. The van der Waals surface area contributed by atoms with Crippen molar-refractivity contribution in [3.63, 3.8) is 0 Å². The van der Waals surface area contributed by atoms with Crippen molar-refractivity contribution in [1.82, 2.24) is 0 Å². The molecule has 244 valence electrons. The van der Waals surface area contributed by atoms with Crippen LogP contribution in [0.15, 0.2) is 0 Å². The third kappa shape index (κ3) is 50.4. The Morgan fingerprint density at radius 2 is 0.900 bits per heavy atom. The number of esters is 1. The smallest absolute Gasteiger partial charge is 0.519 e. The lowest BCUT2D eigenvalue weighted by Gasteiger charge is -2.20. The zero-order valence-corrected chi connectivity index (χ0v) is 30.6. The summed E-state index contributed by atoms with van der Waals surface area (Å²) in [5.74, 6) is -0.0667. The van der Waals surface area contributed by atoms with E-state index in [-0.39, 0.29) is 36.0 Å². The maximum Gasteiger partial charge on any atom is 0.519 e. The minimum Gasteiger partial charge on any atom is -1.00 e. The van der Waals surface area contributed by atoms with E-state index in [1.54, 1.807) is 41.5 Å². The van der Waals surface area contributed by atoms with Crippen LogP contribution in [0.5, 0.6) is 0 Å². The third-order valence-corrected chi connectivity index (χ3v) is 5.14. The van der Waals surface area contributed by atoms with Gasteiger partial charge in [0.1, 0.15) is 16.8 Å². The molecule has 0 saturated carbocycles. The maximum atomic E-state index is 11.3. The molecule has 0 aliphatic heterocycles. The average molecular weight is 775 g/mol. The van der Waals surface area contributed by atoms with E-state index in [1.807, 2.05) is 20.8 Å². The van der Waals surface area contributed by atoms with Crippen molar-refractivity contribution in [2.75, 3.05) is 17.2 Å². The summed E-state index contributed by atoms with van der Waals surface area (Å²) in [6, 6.07) is 0. The van der Waals surface area contributed by atoms with Crippen LogP contribution in [0, 0.1) is 0 Å². The largest absolute Gasteiger partial charge is 1.00 e. The van der Waals surface area contributed by atoms with E-state index >= 15 is 0 Å². The van der Waals surface area contributed by atoms with Crippen LogP contribution in [0.1, 0.15) is 134 Å². The molecule has 40 heavy (non-hydrogen) atoms. The van der Waals surface area contributed by atoms with Gasteiger partial charge in [0.25, 0.3) is 0 Å². The Balaban J connectivity index is -0.000000156. The van der Waals surface area contributed by atoms with Crippen LogP contribution in [-0.4, -0.2) is 52.3 Å². The van der Waals surface area contributed by atoms with Gasteiger partial charge in [-0.1, -0.05) is 65.0 Å². The molecule has 0 heterocycles. The van der Waals surface area contributed by atoms with Gasteiger partial charge in [0.05, 0.1) is 6.54 Å². The minimum absolute atomic E-state index is 0. The summed E-state index contributed by atoms with van der Waals surface area (Å²) in [4.78, 5) is 33.3. The monoisotopic (exact) mass is 771 g/mol. The second kappa shape index (κ2) is 28.7. The molecule has 0 amide bonds. The SMILES string of the molecule is C.CC(C)(C)OC(=O)CCCCCCCBr.CC(C)(C)OC(=O)OC(=O)OC(C)(C)C.[Br-].[NH3+]CCCCCCBr. The van der Waals surface area contributed by atoms with E-state index in [0.29, 0.717) is 6.42 Å². The molecule has 0 spiro atoms. The topological polar surface area (TPSA) is 116 Å². The van der Waals surface area contributed by atoms with Gasteiger partial charge in [-0.15, -0.1) is 0 Å². The van der Waals surface area contributed by atoms with Gasteiger partial charge in [-0.3, -0.25) is 4.79 Å². The van der Waals surface area contributed by atoms with Crippen LogP contribution < -0.4 is 22.7 Å². The molecule has 0 aliphatic carbocycles. The van der Waals surface area contributed by atoms with Crippen LogP contribution in [0.4, 0.5) is 9.59 Å². The Bertz CT molecular complexity index is 582. The summed E-state index contributed by atoms with van der Waals surface area (Å²) in [6.07, 6.45) is 9.56. The third-order valence-electron chi connectivity index (χ3n) is 4.01. The fourth-order valence-corrected chi connectivity index (χ4v) is 3.31. The molecular weight excluding hydrogens is 714 g/mol. The van der Waals surface area contributed by atoms with E-state index < -0.39 is 23.5 Å². The number of rotatable bonds is 12. The Labute approximate surface area is 273 Å². The predicted octanol–water partition coefficient (Wildman–Crippen LogP) is 5.76. The van der Waals surface area contributed by atoms with E-state index in [2.05, 4.69) is 42.3 Å². The lowest BCUT2D eigenvalue weighted by atomic mass is 10.1. The van der Waals surface area contributed by atoms with Crippen LogP contribution in [0.2, 0.25) is 0 Å². The highest BCUT2D eigenvalue weighted by Crippen LogP contribution is 2.13. The molecule has 0 aromatic rings. The number of carbonyl (C=O) groups is 3. The Morgan fingerprint density at radius 1 is 0.575 bits per heavy atom. The first-order chi connectivity index (χ1) is 17.4. The first kappa shape index (κ1) is 49.3. The molecule has 3 N–H and O–H groups in total. The number of carbonyl (C=O) groups excluding carboxylic acids is 3. The second-order valence-electron chi connectivity index (χ2n) is 11.8. The van der Waals surface area contributed by atoms with Gasteiger partial charge < -0.3 is 41.7 Å². The summed E-state index contributed by atoms with van der Waals surface area (Å²) in [6.45, 7) is 16.8. The molecule has 8 nitrogen and oxygen atoms in total. The number of halogens is 3. The van der Waals surface area contributed by atoms with Crippen molar-refractivity contribution >= 4 is 50.1 Å². The Hall–Kier alpha value is -0.390. The van der Waals surface area contributed by atoms with Crippen LogP contribution in [-0.2, 0) is 23.7 Å². The van der Waals surface area contributed by atoms with Gasteiger partial charge in [-0.2, -0.15) is 0 Å². The van der Waals surface area contributed by atoms with Crippen molar-refractivity contribution < 1.29 is 56.0 Å². The predicted molar refractivity (Wildman–Crippen MR) is 168 cm³/mol. The van der Waals surface area contributed by atoms with Crippen molar-refractivity contribution in [1.29, 1.82) is 0 Å². The first-order valence-electron chi connectivity index (χ1n) is 13.6. The molecule has 0 aromatic carbocycles. The van der Waals surface area contributed by atoms with Gasteiger partial charge in [-0.25, -0.2) is 9.59 Å². The molecule has 0 aromatic heterocycles. The minimum atomic E-state index is -1.06. The van der Waals surface area contributed by atoms with Crippen molar-refractivity contribution in [2.24, 2.45) is 0 Å². The standard InChI is InChI=1S/C12H23BrO2.C10H18O5.C6H14BrN.CH4.BrH/c1-12(2,3)15-11(14)9-7-5-4-6-8-10-13;1-9(2,3)14-7(11)13-8(12)15-10(4,5)6;7-5-3-1-2-4-6-8;;/h4-10H2,1-3H3;1-6H3;1-6,8H2;1H4;1H. The lowest BCUT2D eigenvalue weighted by molar-refractivity contribution is -0.368. The zero-order chi connectivity index (χ0) is 30.3. The molecule has 0 unspecified atom stereocenters. The maximum absolute atomic E-state index is 11.3. The molecule has 0 aliphatic rings. The average Bonchev–Trinajstić information content (AvgIpc) is 2.70. The van der Waals surface area contributed by atoms with E-state index in [0.717, 1.165) is 30.0 Å². The van der Waals surface area contributed by atoms with Crippen molar-refractivity contribution in [2.45, 2.75) is 151 Å². The van der Waals surface area contributed by atoms with Crippen molar-refractivity contribution in [3.8, 4) is 0 Å². The zero-order valence-electron chi connectivity index (χ0n) is 25.9. The van der Waals surface area contributed by atoms with Gasteiger partial charge in [0.15, 0.2) is 0 Å². The number of hydrogen-bond acceptors (Lipinski definition) is 7. The Kier molecular flexibility index (Phi) is 35.4. The van der Waals surface area contributed by atoms with E-state index in [1.165, 1.54) is 44.9 Å². The number of quaternary nitrogens is 1. The van der Waals surface area contributed by atoms with E-state index in [4.69, 9.17) is 14.2 Å². The quantitative estimate of drug-likeness (QED) is 0.0882. The van der Waals surface area contributed by atoms with Gasteiger partial charge in [0.2, 0.25) is 0 Å². The fraction of sp³-hybridized carbons (Fsp3) is 0.897. The van der Waals surface area contributed by atoms with Gasteiger partial charge in [-0.05, 0) is 94.4 Å². The van der Waals surface area contributed by atoms with Crippen LogP contribution >= 0.6 is 31.9 Å². The summed E-state index contributed by atoms with van der Waals surface area (Å²) in [5.41, 5.74) is 2.04. The highest BCUT2D eigenvalue weighted by atomic mass is 79.9. The highest BCUT2D eigenvalue weighted by molar-refractivity contribution is 9.09. The highest BCUT2D eigenvalue weighted by Gasteiger charge is 2.24. The van der Waals surface area contributed by atoms with Crippen molar-refractivity contribution in [3.05, 3.63) is 0 Å². The second-order valence-corrected chi connectivity index (χ2v) is 13.4. The number of alkyl halides is 2. The van der Waals surface area contributed by atoms with Crippen LogP contribution in [0.3, 0.4) is 0 Å². The summed E-state index contributed by atoms with van der Waals surface area (Å²) in [7, 11) is 0. The molecule has 0 saturated heterocycles. The number of ether oxygens (including phenoxy) is 4. The molecule has 11 heteroatoms. The first-order valence-corrected chi connectivity index (χ1v) is 15.9. The Morgan fingerprint density at radius 3 is 1.23 bits per heavy atom. The number of hydrogen-bond donors (Lipinski definition) is 1. The van der Waals surface area contributed by atoms with Crippen LogP contribution in [0.25, 0.3) is 0 Å². The van der Waals surface area contributed by atoms with Gasteiger partial charge in [0, 0.05) is 17.1 Å². The van der Waals surface area contributed by atoms with Gasteiger partial charge >= 0.3 is 18.3 Å². The molecular formula is C29H60Br3NO7. The molecule has 0 rings (SSSR count). The molecule has 0 atom stereocenters. The van der Waals surface area contributed by atoms with E-state index in [9.17, 15) is 14.4 Å². The number of unbranched alkanes of at least 4 members (excludes halogenated alkanes) is 7. The summed E-state index contributed by atoms with van der Waals surface area (Å²) in [5, 5.41) is 2.24. The lowest BCUT2D eigenvalue weighted by Crippen LogP contribution is -3.00. The summed E-state index contributed by atoms with van der Waals surface area (Å²) >= 11 is 6.79. The summed E-state index contributed by atoms with van der Waals surface area (Å²) < 4.78 is 19.0.